The first kappa shape index (κ1) is 34.2. The van der Waals surface area contributed by atoms with E-state index >= 15 is 0 Å². The van der Waals surface area contributed by atoms with Crippen molar-refractivity contribution >= 4 is 76.1 Å². The third kappa shape index (κ3) is 5.11. The Hall–Kier alpha value is -8.54. The molecule has 0 spiro atoms. The molecule has 10 aromatic carbocycles. The van der Waals surface area contributed by atoms with E-state index in [1.165, 1.54) is 54.5 Å². The lowest BCUT2D eigenvalue weighted by Crippen LogP contribution is -2.06. The van der Waals surface area contributed by atoms with Gasteiger partial charge in [0.15, 0.2) is 0 Å². The van der Waals surface area contributed by atoms with Crippen molar-refractivity contribution < 1.29 is 4.74 Å². The summed E-state index contributed by atoms with van der Waals surface area (Å²) in [5, 5.41) is 10.6. The molecule has 14 rings (SSSR count). The van der Waals surface area contributed by atoms with E-state index in [-0.39, 0.29) is 0 Å². The van der Waals surface area contributed by atoms with Crippen LogP contribution in [0.25, 0.3) is 121 Å². The van der Waals surface area contributed by atoms with Crippen molar-refractivity contribution in [1.29, 1.82) is 0 Å². The van der Waals surface area contributed by atoms with Crippen molar-refractivity contribution in [3.63, 3.8) is 0 Å². The van der Waals surface area contributed by atoms with E-state index in [0.29, 0.717) is 5.95 Å². The van der Waals surface area contributed by atoms with Gasteiger partial charge in [0.25, 0.3) is 0 Å². The summed E-state index contributed by atoms with van der Waals surface area (Å²) in [6.45, 7) is 0. The molecule has 0 saturated heterocycles. The van der Waals surface area contributed by atoms with Crippen molar-refractivity contribution in [3.8, 4) is 56.6 Å². The minimum atomic E-state index is 0.636. The number of nitrogens with zero attached hydrogens (tertiary/aromatic N) is 4. The molecule has 0 N–H and O–H groups in total. The number of hydrogen-bond donors (Lipinski definition) is 0. The molecule has 1 aliphatic heterocycles. The van der Waals surface area contributed by atoms with E-state index in [9.17, 15) is 0 Å². The third-order valence-electron chi connectivity index (χ3n) is 13.1. The largest absolute Gasteiger partial charge is 0.456 e. The summed E-state index contributed by atoms with van der Waals surface area (Å²) in [6.07, 6.45) is 0. The molecule has 0 fully saturated rings. The van der Waals surface area contributed by atoms with Gasteiger partial charge in [-0.2, -0.15) is 0 Å². The van der Waals surface area contributed by atoms with Gasteiger partial charge in [-0.15, -0.1) is 0 Å². The molecule has 0 unspecified atom stereocenters. The highest BCUT2D eigenvalue weighted by atomic mass is 16.5. The minimum Gasteiger partial charge on any atom is -0.456 e. The standard InChI is InChI=1S/C58H34N4O/c1-2-11-35(12-3-1)38-21-22-40-30-43(26-23-39(40)29-38)61-51-27-24-42(33-47(51)48-31-36-13-4-5-14-37(36)34-53(48)61)41-25-28-52-46(32-41)44-15-6-8-18-50(44)62(52)58-59-49-17-10-20-55-56(49)57(60-58)45-16-7-9-19-54(45)63-55/h1-34H. The fraction of sp³-hybridized carbons (Fsp3) is 0. The van der Waals surface area contributed by atoms with E-state index in [1.807, 2.05) is 36.4 Å². The Balaban J connectivity index is 0.939. The summed E-state index contributed by atoms with van der Waals surface area (Å²) >= 11 is 0. The summed E-state index contributed by atoms with van der Waals surface area (Å²) in [7, 11) is 0. The van der Waals surface area contributed by atoms with Gasteiger partial charge >= 0.3 is 0 Å². The molecular weight excluding hydrogens is 769 g/mol. The number of ether oxygens (including phenoxy) is 1. The molecule has 0 atom stereocenters. The topological polar surface area (TPSA) is 44.9 Å². The van der Waals surface area contributed by atoms with Crippen LogP contribution in [-0.4, -0.2) is 19.1 Å². The molecule has 292 valence electrons. The van der Waals surface area contributed by atoms with E-state index < -0.39 is 0 Å². The highest BCUT2D eigenvalue weighted by molar-refractivity contribution is 6.15. The van der Waals surface area contributed by atoms with Crippen LogP contribution in [0.5, 0.6) is 11.5 Å². The molecule has 0 amide bonds. The van der Waals surface area contributed by atoms with Gasteiger partial charge in [-0.05, 0) is 129 Å². The zero-order chi connectivity index (χ0) is 41.2. The van der Waals surface area contributed by atoms with Gasteiger partial charge in [-0.3, -0.25) is 4.57 Å². The quantitative estimate of drug-likeness (QED) is 0.178. The fourth-order valence-corrected chi connectivity index (χ4v) is 10.1. The third-order valence-corrected chi connectivity index (χ3v) is 13.1. The summed E-state index contributed by atoms with van der Waals surface area (Å²) in [5.41, 5.74) is 13.1. The van der Waals surface area contributed by atoms with Crippen LogP contribution >= 0.6 is 0 Å². The van der Waals surface area contributed by atoms with E-state index in [2.05, 4.69) is 179 Å². The van der Waals surface area contributed by atoms with Gasteiger partial charge in [0.05, 0.1) is 38.7 Å². The molecule has 0 bridgehead atoms. The molecule has 1 aliphatic rings. The highest BCUT2D eigenvalue weighted by Gasteiger charge is 2.25. The first-order chi connectivity index (χ1) is 31.2. The van der Waals surface area contributed by atoms with Crippen molar-refractivity contribution in [1.82, 2.24) is 19.1 Å². The predicted molar refractivity (Wildman–Crippen MR) is 260 cm³/mol. The molecule has 13 aromatic rings. The second-order valence-electron chi connectivity index (χ2n) is 16.6. The van der Waals surface area contributed by atoms with Crippen molar-refractivity contribution in [2.45, 2.75) is 0 Å². The van der Waals surface area contributed by atoms with E-state index in [0.717, 1.165) is 72.3 Å². The Bertz CT molecular complexity index is 4070. The Kier molecular flexibility index (Phi) is 7.05. The fourth-order valence-electron chi connectivity index (χ4n) is 10.1. The van der Waals surface area contributed by atoms with Crippen LogP contribution < -0.4 is 4.74 Å². The zero-order valence-electron chi connectivity index (χ0n) is 33.8. The number of benzene rings is 10. The number of para-hydroxylation sites is 2. The second kappa shape index (κ2) is 13.0. The van der Waals surface area contributed by atoms with Crippen molar-refractivity contribution in [2.75, 3.05) is 0 Å². The van der Waals surface area contributed by atoms with Crippen LogP contribution in [0.15, 0.2) is 206 Å². The summed E-state index contributed by atoms with van der Waals surface area (Å²) < 4.78 is 11.0. The van der Waals surface area contributed by atoms with Crippen molar-refractivity contribution in [3.05, 3.63) is 206 Å². The molecule has 5 nitrogen and oxygen atoms in total. The lowest BCUT2D eigenvalue weighted by Gasteiger charge is -2.20. The van der Waals surface area contributed by atoms with Crippen LogP contribution in [0.1, 0.15) is 0 Å². The monoisotopic (exact) mass is 802 g/mol. The Morgan fingerprint density at radius 3 is 1.84 bits per heavy atom. The van der Waals surface area contributed by atoms with Gasteiger partial charge in [-0.25, -0.2) is 9.97 Å². The Morgan fingerprint density at radius 1 is 0.349 bits per heavy atom. The summed E-state index contributed by atoms with van der Waals surface area (Å²) in [5.74, 6) is 2.22. The Labute approximate surface area is 361 Å². The van der Waals surface area contributed by atoms with Crippen LogP contribution in [-0.2, 0) is 0 Å². The van der Waals surface area contributed by atoms with Crippen LogP contribution in [0.3, 0.4) is 0 Å². The SMILES string of the molecule is c1ccc(-c2ccc3cc(-n4c5ccc(-c6ccc7c(c6)c6ccccc6n7-c6nc7c8c(cccc8n6)Oc6ccccc6-7)cc5c5cc6ccccc6cc54)ccc3c2)cc1. The molecule has 0 saturated carbocycles. The maximum Gasteiger partial charge on any atom is 0.235 e. The van der Waals surface area contributed by atoms with Crippen LogP contribution in [0, 0.1) is 0 Å². The predicted octanol–water partition coefficient (Wildman–Crippen LogP) is 15.2. The molecular formula is C58H34N4O. The number of hydrogen-bond acceptors (Lipinski definition) is 3. The highest BCUT2D eigenvalue weighted by Crippen LogP contribution is 2.46. The van der Waals surface area contributed by atoms with Crippen LogP contribution in [0.4, 0.5) is 0 Å². The maximum absolute atomic E-state index is 6.31. The lowest BCUT2D eigenvalue weighted by molar-refractivity contribution is 0.486. The van der Waals surface area contributed by atoms with E-state index in [4.69, 9.17) is 14.7 Å². The molecule has 63 heavy (non-hydrogen) atoms. The first-order valence-corrected chi connectivity index (χ1v) is 21.4. The minimum absolute atomic E-state index is 0.636. The average molecular weight is 803 g/mol. The molecule has 0 aliphatic carbocycles. The van der Waals surface area contributed by atoms with Gasteiger partial charge in [0, 0.05) is 32.8 Å². The van der Waals surface area contributed by atoms with E-state index in [1.54, 1.807) is 0 Å². The van der Waals surface area contributed by atoms with Crippen molar-refractivity contribution in [2.24, 2.45) is 0 Å². The number of aromatic nitrogens is 4. The average Bonchev–Trinajstić information content (AvgIpc) is 3.84. The Morgan fingerprint density at radius 2 is 0.968 bits per heavy atom. The molecule has 5 heteroatoms. The smallest absolute Gasteiger partial charge is 0.235 e. The lowest BCUT2D eigenvalue weighted by atomic mass is 10.00. The summed E-state index contributed by atoms with van der Waals surface area (Å²) in [6, 6.07) is 74.1. The first-order valence-electron chi connectivity index (χ1n) is 21.4. The molecule has 4 heterocycles. The van der Waals surface area contributed by atoms with Gasteiger partial charge in [0.1, 0.15) is 11.5 Å². The second-order valence-corrected chi connectivity index (χ2v) is 16.6. The van der Waals surface area contributed by atoms with Gasteiger partial charge < -0.3 is 9.30 Å². The van der Waals surface area contributed by atoms with Gasteiger partial charge in [-0.1, -0.05) is 121 Å². The van der Waals surface area contributed by atoms with Crippen LogP contribution in [0.2, 0.25) is 0 Å². The summed E-state index contributed by atoms with van der Waals surface area (Å²) in [4.78, 5) is 10.5. The van der Waals surface area contributed by atoms with Gasteiger partial charge in [0.2, 0.25) is 5.95 Å². The zero-order valence-corrected chi connectivity index (χ0v) is 33.8. The number of rotatable bonds is 4. The normalized spacial score (nSPS) is 12.3. The maximum atomic E-state index is 6.31. The number of fused-ring (bicyclic) bond motifs is 10. The molecule has 0 radical (unpaired) electrons. The molecule has 3 aromatic heterocycles.